The molecule has 1 atom stereocenters. The Kier molecular flexibility index (Phi) is 5.66. The van der Waals surface area contributed by atoms with Crippen LogP contribution < -0.4 is 11.1 Å². The summed E-state index contributed by atoms with van der Waals surface area (Å²) >= 11 is 0. The Morgan fingerprint density at radius 3 is 2.65 bits per heavy atom. The number of nitrogens with zero attached hydrogens (tertiary/aromatic N) is 4. The number of fused-ring (bicyclic) bond motifs is 1. The van der Waals surface area contributed by atoms with Crippen LogP contribution in [0.25, 0.3) is 16.8 Å². The highest BCUT2D eigenvalue weighted by atomic mass is 16.1. The summed E-state index contributed by atoms with van der Waals surface area (Å²) in [7, 11) is 0. The van der Waals surface area contributed by atoms with Crippen molar-refractivity contribution >= 4 is 17.5 Å². The van der Waals surface area contributed by atoms with E-state index in [0.29, 0.717) is 29.4 Å². The van der Waals surface area contributed by atoms with E-state index < -0.39 is 0 Å². The lowest BCUT2D eigenvalue weighted by Crippen LogP contribution is -2.26. The molecule has 0 aliphatic rings. The van der Waals surface area contributed by atoms with Crippen molar-refractivity contribution in [3.8, 4) is 11.1 Å². The first-order chi connectivity index (χ1) is 14.9. The molecule has 0 saturated heterocycles. The summed E-state index contributed by atoms with van der Waals surface area (Å²) in [5, 5.41) is 7.15. The second-order valence-electron chi connectivity index (χ2n) is 7.80. The molecule has 4 rings (SSSR count). The minimum atomic E-state index is -0.112. The second-order valence-corrected chi connectivity index (χ2v) is 7.80. The topological polar surface area (TPSA) is 98.2 Å². The fraction of sp³-hybridized carbons (Fsp3) is 0.250. The van der Waals surface area contributed by atoms with Gasteiger partial charge in [-0.25, -0.2) is 4.52 Å². The molecule has 0 fully saturated rings. The smallest absolute Gasteiger partial charge is 0.253 e. The van der Waals surface area contributed by atoms with Crippen molar-refractivity contribution in [1.29, 1.82) is 0 Å². The van der Waals surface area contributed by atoms with E-state index in [1.165, 1.54) is 5.56 Å². The number of pyridine rings is 2. The molecule has 7 nitrogen and oxygen atoms in total. The highest BCUT2D eigenvalue weighted by molar-refractivity contribution is 5.96. The first-order valence-corrected chi connectivity index (χ1v) is 10.4. The third-order valence-electron chi connectivity index (χ3n) is 5.54. The summed E-state index contributed by atoms with van der Waals surface area (Å²) in [5.41, 5.74) is 11.6. The molecule has 1 unspecified atom stereocenters. The Morgan fingerprint density at radius 1 is 1.10 bits per heavy atom. The molecule has 0 aliphatic heterocycles. The maximum absolute atomic E-state index is 12.9. The lowest BCUT2D eigenvalue weighted by Gasteiger charge is -2.14. The third kappa shape index (κ3) is 4.40. The van der Waals surface area contributed by atoms with E-state index in [1.54, 1.807) is 10.7 Å². The second kappa shape index (κ2) is 8.55. The average Bonchev–Trinajstić information content (AvgIpc) is 3.13. The molecule has 3 heterocycles. The normalized spacial score (nSPS) is 12.1. The van der Waals surface area contributed by atoms with Gasteiger partial charge in [-0.2, -0.15) is 4.98 Å². The van der Waals surface area contributed by atoms with Crippen molar-refractivity contribution in [2.75, 3.05) is 12.3 Å². The van der Waals surface area contributed by atoms with E-state index in [9.17, 15) is 4.79 Å². The number of anilines is 1. The van der Waals surface area contributed by atoms with Crippen molar-refractivity contribution in [3.05, 3.63) is 77.2 Å². The van der Waals surface area contributed by atoms with Gasteiger partial charge in [0, 0.05) is 24.0 Å². The molecule has 0 bridgehead atoms. The van der Waals surface area contributed by atoms with Crippen molar-refractivity contribution in [2.45, 2.75) is 33.1 Å². The number of benzene rings is 1. The molecule has 3 aromatic heterocycles. The van der Waals surface area contributed by atoms with Gasteiger partial charge in [0.05, 0.1) is 11.3 Å². The zero-order chi connectivity index (χ0) is 22.0. The monoisotopic (exact) mass is 414 g/mol. The number of hydrogen-bond donors (Lipinski definition) is 2. The molecule has 31 heavy (non-hydrogen) atoms. The fourth-order valence-electron chi connectivity index (χ4n) is 3.76. The number of carbonyl (C=O) groups is 1. The van der Waals surface area contributed by atoms with Gasteiger partial charge in [0.25, 0.3) is 5.91 Å². The number of hydrogen-bond acceptors (Lipinski definition) is 5. The molecule has 1 amide bonds. The van der Waals surface area contributed by atoms with Gasteiger partial charge in [-0.1, -0.05) is 37.3 Å². The van der Waals surface area contributed by atoms with Gasteiger partial charge in [-0.15, -0.1) is 5.10 Å². The van der Waals surface area contributed by atoms with Gasteiger partial charge in [0.1, 0.15) is 0 Å². The number of nitrogen functional groups attached to an aromatic ring is 1. The Balaban J connectivity index is 1.52. The average molecular weight is 415 g/mol. The molecule has 0 aliphatic carbocycles. The quantitative estimate of drug-likeness (QED) is 0.498. The first-order valence-electron chi connectivity index (χ1n) is 10.4. The molecule has 0 saturated carbocycles. The van der Waals surface area contributed by atoms with Crippen molar-refractivity contribution in [2.24, 2.45) is 0 Å². The number of amides is 1. The van der Waals surface area contributed by atoms with Crippen LogP contribution >= 0.6 is 0 Å². The van der Waals surface area contributed by atoms with E-state index in [2.05, 4.69) is 39.4 Å². The van der Waals surface area contributed by atoms with Gasteiger partial charge in [-0.05, 0) is 55.5 Å². The van der Waals surface area contributed by atoms with Crippen LogP contribution in [0.15, 0.2) is 54.7 Å². The predicted molar refractivity (Wildman–Crippen MR) is 122 cm³/mol. The summed E-state index contributed by atoms with van der Waals surface area (Å²) in [5.74, 6) is 0.483. The van der Waals surface area contributed by atoms with Crippen LogP contribution in [-0.2, 0) is 0 Å². The summed E-state index contributed by atoms with van der Waals surface area (Å²) in [6.45, 7) is 6.57. The number of nitrogens with one attached hydrogen (secondary N) is 1. The van der Waals surface area contributed by atoms with Crippen LogP contribution in [0.2, 0.25) is 0 Å². The maximum Gasteiger partial charge on any atom is 0.253 e. The highest BCUT2D eigenvalue weighted by Crippen LogP contribution is 2.26. The summed E-state index contributed by atoms with van der Waals surface area (Å²) < 4.78 is 1.62. The zero-order valence-corrected chi connectivity index (χ0v) is 18.0. The molecule has 4 aromatic rings. The number of aryl methyl sites for hydroxylation is 2. The molecule has 7 heteroatoms. The molecule has 158 valence electrons. The van der Waals surface area contributed by atoms with Crippen molar-refractivity contribution < 1.29 is 4.79 Å². The lowest BCUT2D eigenvalue weighted by atomic mass is 9.98. The van der Waals surface area contributed by atoms with Gasteiger partial charge in [0.15, 0.2) is 5.65 Å². The number of rotatable bonds is 6. The molecule has 3 N–H and O–H groups in total. The van der Waals surface area contributed by atoms with E-state index in [-0.39, 0.29) is 11.9 Å². The van der Waals surface area contributed by atoms with E-state index >= 15 is 0 Å². The largest absolute Gasteiger partial charge is 0.366 e. The number of nitrogens with two attached hydrogens (primary N) is 1. The van der Waals surface area contributed by atoms with Crippen LogP contribution in [0, 0.1) is 13.8 Å². The molecule has 1 aromatic carbocycles. The Hall–Kier alpha value is -3.74. The van der Waals surface area contributed by atoms with Crippen molar-refractivity contribution in [3.63, 3.8) is 0 Å². The molecule has 0 radical (unpaired) electrons. The molecule has 0 spiro atoms. The first kappa shape index (κ1) is 20.5. The van der Waals surface area contributed by atoms with E-state index in [4.69, 9.17) is 5.73 Å². The fourth-order valence-corrected chi connectivity index (χ4v) is 3.76. The Morgan fingerprint density at radius 2 is 1.87 bits per heavy atom. The minimum absolute atomic E-state index is 0.112. The van der Waals surface area contributed by atoms with Crippen LogP contribution in [0.3, 0.4) is 0 Å². The lowest BCUT2D eigenvalue weighted by molar-refractivity contribution is 0.0951. The van der Waals surface area contributed by atoms with Gasteiger partial charge < -0.3 is 11.1 Å². The van der Waals surface area contributed by atoms with Crippen molar-refractivity contribution in [1.82, 2.24) is 24.9 Å². The summed E-state index contributed by atoms with van der Waals surface area (Å²) in [6, 6.07) is 16.0. The van der Waals surface area contributed by atoms with Gasteiger partial charge >= 0.3 is 0 Å². The van der Waals surface area contributed by atoms with Gasteiger partial charge in [-0.3, -0.25) is 9.78 Å². The van der Waals surface area contributed by atoms with Crippen LogP contribution in [-0.4, -0.2) is 32.0 Å². The number of carbonyl (C=O) groups excluding carboxylic acids is 1. The highest BCUT2D eigenvalue weighted by Gasteiger charge is 2.15. The third-order valence-corrected chi connectivity index (χ3v) is 5.54. The molecular formula is C24H26N6O. The zero-order valence-electron chi connectivity index (χ0n) is 18.0. The van der Waals surface area contributed by atoms with E-state index in [0.717, 1.165) is 23.2 Å². The standard InChI is InChI=1S/C24H26N6O/c1-15(18-7-5-4-6-8-18)9-11-26-23(31)21-14-20(16(2)27-17(21)3)19-10-12-30-22(13-19)28-24(25)29-30/h4-8,10,12-15H,9,11H2,1-3H3,(H2,25,29)(H,26,31). The Labute approximate surface area is 181 Å². The maximum atomic E-state index is 12.9. The number of aromatic nitrogens is 4. The van der Waals surface area contributed by atoms with Crippen LogP contribution in [0.1, 0.15) is 46.6 Å². The Bertz CT molecular complexity index is 1230. The summed E-state index contributed by atoms with van der Waals surface area (Å²) in [6.07, 6.45) is 2.67. The SMILES string of the molecule is Cc1nc(C)c(-c2ccn3nc(N)nc3c2)cc1C(=O)NCCC(C)c1ccccc1. The minimum Gasteiger partial charge on any atom is -0.366 e. The predicted octanol–water partition coefficient (Wildman–Crippen LogP) is 3.91. The van der Waals surface area contributed by atoms with Crippen LogP contribution in [0.4, 0.5) is 5.95 Å². The van der Waals surface area contributed by atoms with E-state index in [1.807, 2.05) is 50.2 Å². The van der Waals surface area contributed by atoms with Crippen LogP contribution in [0.5, 0.6) is 0 Å². The summed E-state index contributed by atoms with van der Waals surface area (Å²) in [4.78, 5) is 21.7. The van der Waals surface area contributed by atoms with Gasteiger partial charge in [0.2, 0.25) is 5.95 Å². The molecular weight excluding hydrogens is 388 g/mol.